The lowest BCUT2D eigenvalue weighted by Crippen LogP contribution is -2.05. The highest BCUT2D eigenvalue weighted by molar-refractivity contribution is 7.09. The first-order valence-corrected chi connectivity index (χ1v) is 8.36. The van der Waals surface area contributed by atoms with E-state index in [0.717, 1.165) is 16.4 Å². The number of aromatic nitrogens is 1. The van der Waals surface area contributed by atoms with Gasteiger partial charge in [0.1, 0.15) is 0 Å². The van der Waals surface area contributed by atoms with Crippen LogP contribution < -0.4 is 5.32 Å². The number of anilines is 1. The summed E-state index contributed by atoms with van der Waals surface area (Å²) in [6.45, 7) is 4.21. The number of nitrogens with zero attached hydrogens (tertiary/aromatic N) is 1. The number of aryl methyl sites for hydroxylation is 1. The Kier molecular flexibility index (Phi) is 3.85. The summed E-state index contributed by atoms with van der Waals surface area (Å²) in [6, 6.07) is 11.0. The summed E-state index contributed by atoms with van der Waals surface area (Å²) in [5.41, 5.74) is 4.70. The summed E-state index contributed by atoms with van der Waals surface area (Å²) in [6.07, 6.45) is 0. The summed E-state index contributed by atoms with van der Waals surface area (Å²) >= 11 is 3.42. The van der Waals surface area contributed by atoms with Gasteiger partial charge in [-0.2, -0.15) is 11.3 Å². The lowest BCUT2D eigenvalue weighted by atomic mass is 10.1. The van der Waals surface area contributed by atoms with Gasteiger partial charge < -0.3 is 5.32 Å². The zero-order valence-electron chi connectivity index (χ0n) is 11.5. The van der Waals surface area contributed by atoms with Gasteiger partial charge >= 0.3 is 0 Å². The third-order valence-corrected chi connectivity index (χ3v) is 4.70. The van der Waals surface area contributed by atoms with Crippen LogP contribution in [0.15, 0.2) is 46.5 Å². The van der Waals surface area contributed by atoms with Crippen molar-refractivity contribution in [1.29, 1.82) is 0 Å². The van der Waals surface area contributed by atoms with Crippen LogP contribution in [0.3, 0.4) is 0 Å². The molecule has 0 aliphatic heterocycles. The number of hydrogen-bond acceptors (Lipinski definition) is 4. The Labute approximate surface area is 127 Å². The molecule has 0 spiro atoms. The van der Waals surface area contributed by atoms with E-state index in [2.05, 4.69) is 63.7 Å². The Morgan fingerprint density at radius 3 is 2.50 bits per heavy atom. The smallest absolute Gasteiger partial charge is 0.0901 e. The normalized spacial score (nSPS) is 12.3. The molecule has 1 atom stereocenters. The Bertz CT molecular complexity index is 669. The van der Waals surface area contributed by atoms with Gasteiger partial charge in [-0.15, -0.1) is 11.3 Å². The zero-order valence-corrected chi connectivity index (χ0v) is 13.1. The van der Waals surface area contributed by atoms with Gasteiger partial charge in [-0.25, -0.2) is 4.98 Å². The second kappa shape index (κ2) is 5.77. The fourth-order valence-electron chi connectivity index (χ4n) is 2.09. The number of nitrogens with one attached hydrogen (secondary N) is 1. The lowest BCUT2D eigenvalue weighted by Gasteiger charge is -2.14. The number of thiazole rings is 1. The summed E-state index contributed by atoms with van der Waals surface area (Å²) in [5, 5.41) is 11.0. The molecule has 1 unspecified atom stereocenters. The molecule has 20 heavy (non-hydrogen) atoms. The molecule has 0 amide bonds. The van der Waals surface area contributed by atoms with Gasteiger partial charge in [-0.05, 0) is 48.4 Å². The molecule has 1 aromatic carbocycles. The van der Waals surface area contributed by atoms with Crippen molar-refractivity contribution >= 4 is 28.4 Å². The maximum absolute atomic E-state index is 4.51. The van der Waals surface area contributed by atoms with Crippen LogP contribution in [0.1, 0.15) is 23.5 Å². The largest absolute Gasteiger partial charge is 0.378 e. The van der Waals surface area contributed by atoms with E-state index in [9.17, 15) is 0 Å². The third-order valence-electron chi connectivity index (χ3n) is 3.23. The fourth-order valence-corrected chi connectivity index (χ4v) is 3.46. The molecule has 2 heterocycles. The van der Waals surface area contributed by atoms with E-state index >= 15 is 0 Å². The van der Waals surface area contributed by atoms with Gasteiger partial charge in [0.05, 0.1) is 10.7 Å². The highest BCUT2D eigenvalue weighted by Crippen LogP contribution is 2.25. The van der Waals surface area contributed by atoms with E-state index in [1.807, 2.05) is 6.92 Å². The van der Waals surface area contributed by atoms with Crippen molar-refractivity contribution in [2.45, 2.75) is 19.9 Å². The molecule has 3 aromatic rings. The quantitative estimate of drug-likeness (QED) is 0.702. The summed E-state index contributed by atoms with van der Waals surface area (Å²) in [7, 11) is 0. The topological polar surface area (TPSA) is 24.9 Å². The average Bonchev–Trinajstić information content (AvgIpc) is 3.10. The third kappa shape index (κ3) is 2.92. The monoisotopic (exact) mass is 300 g/mol. The van der Waals surface area contributed by atoms with Crippen LogP contribution in [0.5, 0.6) is 0 Å². The minimum Gasteiger partial charge on any atom is -0.378 e. The number of thiophene rings is 1. The first-order valence-electron chi connectivity index (χ1n) is 6.53. The SMILES string of the molecule is Cc1nc(-c2ccc(NC(C)c3ccsc3)cc2)cs1. The Balaban J connectivity index is 1.73. The molecule has 3 rings (SSSR count). The van der Waals surface area contributed by atoms with Crippen LogP contribution in [0.2, 0.25) is 0 Å². The Morgan fingerprint density at radius 1 is 1.10 bits per heavy atom. The van der Waals surface area contributed by atoms with Gasteiger partial charge in [-0.3, -0.25) is 0 Å². The molecule has 4 heteroatoms. The van der Waals surface area contributed by atoms with E-state index in [4.69, 9.17) is 0 Å². The predicted octanol–water partition coefficient (Wildman–Crippen LogP) is 5.35. The fraction of sp³-hybridized carbons (Fsp3) is 0.188. The molecule has 0 fully saturated rings. The lowest BCUT2D eigenvalue weighted by molar-refractivity contribution is 0.891. The predicted molar refractivity (Wildman–Crippen MR) is 88.6 cm³/mol. The minimum absolute atomic E-state index is 0.327. The van der Waals surface area contributed by atoms with Crippen molar-refractivity contribution in [2.24, 2.45) is 0 Å². The average molecular weight is 300 g/mol. The first kappa shape index (κ1) is 13.3. The summed E-state index contributed by atoms with van der Waals surface area (Å²) in [4.78, 5) is 4.51. The maximum atomic E-state index is 4.51. The molecule has 0 radical (unpaired) electrons. The summed E-state index contributed by atoms with van der Waals surface area (Å²) in [5.74, 6) is 0. The number of hydrogen-bond donors (Lipinski definition) is 1. The molecule has 2 aromatic heterocycles. The van der Waals surface area contributed by atoms with Crippen LogP contribution in [-0.4, -0.2) is 4.98 Å². The van der Waals surface area contributed by atoms with Crippen molar-refractivity contribution in [3.8, 4) is 11.3 Å². The van der Waals surface area contributed by atoms with E-state index in [0.29, 0.717) is 6.04 Å². The Morgan fingerprint density at radius 2 is 1.90 bits per heavy atom. The van der Waals surface area contributed by atoms with Gasteiger partial charge in [0, 0.05) is 22.7 Å². The highest BCUT2D eigenvalue weighted by Gasteiger charge is 2.06. The molecule has 0 aliphatic rings. The molecule has 0 saturated carbocycles. The van der Waals surface area contributed by atoms with E-state index < -0.39 is 0 Å². The molecule has 102 valence electrons. The van der Waals surface area contributed by atoms with Crippen molar-refractivity contribution < 1.29 is 0 Å². The first-order chi connectivity index (χ1) is 9.72. The van der Waals surface area contributed by atoms with Crippen molar-refractivity contribution in [3.05, 3.63) is 57.0 Å². The van der Waals surface area contributed by atoms with Crippen molar-refractivity contribution in [2.75, 3.05) is 5.32 Å². The second-order valence-corrected chi connectivity index (χ2v) is 6.59. The van der Waals surface area contributed by atoms with Crippen LogP contribution >= 0.6 is 22.7 Å². The van der Waals surface area contributed by atoms with Crippen LogP contribution in [-0.2, 0) is 0 Å². The van der Waals surface area contributed by atoms with E-state index in [-0.39, 0.29) is 0 Å². The zero-order chi connectivity index (χ0) is 13.9. The minimum atomic E-state index is 0.327. The molecule has 0 aliphatic carbocycles. The number of benzene rings is 1. The number of rotatable bonds is 4. The van der Waals surface area contributed by atoms with Crippen LogP contribution in [0.25, 0.3) is 11.3 Å². The standard InChI is InChI=1S/C16H16N2S2/c1-11(14-7-8-19-9-14)17-15-5-3-13(4-6-15)16-10-20-12(2)18-16/h3-11,17H,1-2H3. The molecule has 2 nitrogen and oxygen atoms in total. The van der Waals surface area contributed by atoms with Crippen molar-refractivity contribution in [3.63, 3.8) is 0 Å². The molecule has 0 saturated heterocycles. The second-order valence-electron chi connectivity index (χ2n) is 4.75. The van der Waals surface area contributed by atoms with Gasteiger partial charge in [-0.1, -0.05) is 12.1 Å². The van der Waals surface area contributed by atoms with Crippen molar-refractivity contribution in [1.82, 2.24) is 4.98 Å². The van der Waals surface area contributed by atoms with E-state index in [1.165, 1.54) is 11.1 Å². The molecular formula is C16H16N2S2. The molecule has 1 N–H and O–H groups in total. The van der Waals surface area contributed by atoms with Gasteiger partial charge in [0.2, 0.25) is 0 Å². The van der Waals surface area contributed by atoms with E-state index in [1.54, 1.807) is 22.7 Å². The molecule has 0 bridgehead atoms. The van der Waals surface area contributed by atoms with Gasteiger partial charge in [0.25, 0.3) is 0 Å². The van der Waals surface area contributed by atoms with Crippen LogP contribution in [0, 0.1) is 6.92 Å². The molecular weight excluding hydrogens is 284 g/mol. The summed E-state index contributed by atoms with van der Waals surface area (Å²) < 4.78 is 0. The van der Waals surface area contributed by atoms with Crippen LogP contribution in [0.4, 0.5) is 5.69 Å². The maximum Gasteiger partial charge on any atom is 0.0901 e. The van der Waals surface area contributed by atoms with Gasteiger partial charge in [0.15, 0.2) is 0 Å². The highest BCUT2D eigenvalue weighted by atomic mass is 32.1. The Hall–Kier alpha value is -1.65.